The van der Waals surface area contributed by atoms with Crippen molar-refractivity contribution in [2.24, 2.45) is 5.92 Å². The van der Waals surface area contributed by atoms with Crippen molar-refractivity contribution in [1.82, 2.24) is 4.90 Å². The number of nitrogens with one attached hydrogen (secondary N) is 1. The molecule has 7 heteroatoms. The van der Waals surface area contributed by atoms with E-state index in [2.05, 4.69) is 0 Å². The molecule has 2 aromatic rings. The van der Waals surface area contributed by atoms with E-state index in [4.69, 9.17) is 4.74 Å². The van der Waals surface area contributed by atoms with Gasteiger partial charge in [0, 0.05) is 5.57 Å². The van der Waals surface area contributed by atoms with Crippen molar-refractivity contribution in [3.63, 3.8) is 0 Å². The van der Waals surface area contributed by atoms with Crippen molar-refractivity contribution in [2.75, 3.05) is 33.8 Å². The van der Waals surface area contributed by atoms with Crippen molar-refractivity contribution in [2.45, 2.75) is 19.9 Å². The van der Waals surface area contributed by atoms with Crippen LogP contribution in [0.15, 0.2) is 54.1 Å². The third-order valence-corrected chi connectivity index (χ3v) is 5.27. The first-order valence-corrected chi connectivity index (χ1v) is 10.7. The Hall–Kier alpha value is -3.19. The molecular weight excluding hydrogens is 411 g/mol. The van der Waals surface area contributed by atoms with Gasteiger partial charge in [-0.25, -0.2) is 4.39 Å². The lowest BCUT2D eigenvalue weighted by atomic mass is 9.95. The Labute approximate surface area is 187 Å². The Morgan fingerprint density at radius 3 is 2.28 bits per heavy atom. The number of nitrogens with zero attached hydrogens (tertiary/aromatic N) is 1. The van der Waals surface area contributed by atoms with E-state index in [1.807, 2.05) is 27.9 Å². The fourth-order valence-electron chi connectivity index (χ4n) is 3.56. The molecule has 1 atom stereocenters. The van der Waals surface area contributed by atoms with Gasteiger partial charge in [-0.15, -0.1) is 0 Å². The van der Waals surface area contributed by atoms with Gasteiger partial charge in [-0.1, -0.05) is 43.9 Å². The van der Waals surface area contributed by atoms with Crippen LogP contribution in [-0.2, 0) is 9.59 Å². The van der Waals surface area contributed by atoms with E-state index in [0.717, 1.165) is 4.90 Å². The number of hydrogen-bond donors (Lipinski definition) is 1. The Morgan fingerprint density at radius 1 is 1.09 bits per heavy atom. The molecular formula is C25H29FN2O4. The molecule has 1 aliphatic rings. The third-order valence-electron chi connectivity index (χ3n) is 5.27. The summed E-state index contributed by atoms with van der Waals surface area (Å²) in [6, 6.07) is 11.2. The lowest BCUT2D eigenvalue weighted by Crippen LogP contribution is -3.06. The van der Waals surface area contributed by atoms with Crippen LogP contribution >= 0.6 is 0 Å². The maximum atomic E-state index is 13.5. The van der Waals surface area contributed by atoms with Crippen LogP contribution in [0.1, 0.15) is 31.0 Å². The number of likely N-dealkylation sites (N-methyl/N-ethyl adjacent to an activating group) is 1. The lowest BCUT2D eigenvalue weighted by molar-refractivity contribution is -0.857. The number of benzene rings is 2. The second-order valence-corrected chi connectivity index (χ2v) is 8.71. The van der Waals surface area contributed by atoms with Crippen molar-refractivity contribution >= 4 is 17.4 Å². The molecule has 1 amide bonds. The highest BCUT2D eigenvalue weighted by molar-refractivity contribution is 6.46. The summed E-state index contributed by atoms with van der Waals surface area (Å²) in [6.45, 7) is 5.52. The number of carbonyl (C=O) groups is 2. The van der Waals surface area contributed by atoms with E-state index in [1.54, 1.807) is 24.3 Å². The minimum Gasteiger partial charge on any atom is -0.872 e. The molecule has 1 heterocycles. The number of likely N-dealkylation sites (tertiary alicyclic amines) is 1. The van der Waals surface area contributed by atoms with Gasteiger partial charge in [-0.3, -0.25) is 9.59 Å². The normalized spacial score (nSPS) is 18.1. The Balaban J connectivity index is 2.02. The quantitative estimate of drug-likeness (QED) is 0.381. The number of Topliss-reactive ketones (excluding diaryl/α,β-unsaturated/α-hetero) is 1. The number of hydrogen-bond acceptors (Lipinski definition) is 4. The highest BCUT2D eigenvalue weighted by Gasteiger charge is 2.44. The van der Waals surface area contributed by atoms with Crippen molar-refractivity contribution < 1.29 is 28.7 Å². The zero-order chi connectivity index (χ0) is 23.4. The zero-order valence-electron chi connectivity index (χ0n) is 18.9. The van der Waals surface area contributed by atoms with Crippen LogP contribution in [0, 0.1) is 11.7 Å². The average Bonchev–Trinajstić information content (AvgIpc) is 3.01. The number of rotatable bonds is 8. The highest BCUT2D eigenvalue weighted by atomic mass is 19.1. The summed E-state index contributed by atoms with van der Waals surface area (Å²) in [5.74, 6) is -1.47. The van der Waals surface area contributed by atoms with E-state index in [0.29, 0.717) is 42.5 Å². The van der Waals surface area contributed by atoms with Crippen LogP contribution in [0.25, 0.3) is 5.76 Å². The minimum absolute atomic E-state index is 0.105. The molecule has 3 rings (SSSR count). The largest absolute Gasteiger partial charge is 0.872 e. The summed E-state index contributed by atoms with van der Waals surface area (Å²) in [5, 5.41) is 13.4. The number of halogens is 1. The smallest absolute Gasteiger partial charge is 0.295 e. The van der Waals surface area contributed by atoms with Gasteiger partial charge in [-0.2, -0.15) is 0 Å². The van der Waals surface area contributed by atoms with Crippen LogP contribution in [0.4, 0.5) is 4.39 Å². The van der Waals surface area contributed by atoms with Crippen molar-refractivity contribution in [1.29, 1.82) is 0 Å². The molecule has 170 valence electrons. The molecule has 6 nitrogen and oxygen atoms in total. The third kappa shape index (κ3) is 5.16. The lowest BCUT2D eigenvalue weighted by Gasteiger charge is -2.27. The summed E-state index contributed by atoms with van der Waals surface area (Å²) < 4.78 is 19.2. The number of ether oxygens (including phenoxy) is 1. The zero-order valence-corrected chi connectivity index (χ0v) is 18.9. The Bertz CT molecular complexity index is 998. The molecule has 0 radical (unpaired) electrons. The van der Waals surface area contributed by atoms with E-state index in [9.17, 15) is 19.1 Å². The number of carbonyl (C=O) groups excluding carboxylic acids is 2. The molecule has 0 saturated carbocycles. The van der Waals surface area contributed by atoms with Crippen LogP contribution in [-0.4, -0.2) is 50.4 Å². The van der Waals surface area contributed by atoms with Gasteiger partial charge >= 0.3 is 0 Å². The summed E-state index contributed by atoms with van der Waals surface area (Å²) in [6.07, 6.45) is 0. The van der Waals surface area contributed by atoms with Gasteiger partial charge in [0.05, 0.1) is 39.8 Å². The molecule has 1 N–H and O–H groups in total. The minimum atomic E-state index is -0.848. The second kappa shape index (κ2) is 9.96. The molecule has 2 aromatic carbocycles. The Morgan fingerprint density at radius 2 is 1.72 bits per heavy atom. The van der Waals surface area contributed by atoms with Gasteiger partial charge in [0.2, 0.25) is 5.78 Å². The molecule has 32 heavy (non-hydrogen) atoms. The van der Waals surface area contributed by atoms with E-state index in [-0.39, 0.29) is 5.57 Å². The van der Waals surface area contributed by atoms with Crippen molar-refractivity contribution in [3.8, 4) is 5.75 Å². The van der Waals surface area contributed by atoms with Crippen LogP contribution < -0.4 is 14.7 Å². The molecule has 1 saturated heterocycles. The SMILES string of the molecule is CC(C)COc1ccc(C([O-])=C2C(=O)C(=O)N(CC[NH+](C)C)C2c2ccc(F)cc2)cc1. The fourth-order valence-corrected chi connectivity index (χ4v) is 3.56. The standard InChI is InChI=1S/C25H29FN2O4/c1-16(2)15-32-20-11-7-18(8-12-20)23(29)21-22(17-5-9-19(26)10-6-17)28(14-13-27(3)4)25(31)24(21)30/h5-12,16,22,29H,13-15H2,1-4H3. The molecule has 1 fully saturated rings. The maximum Gasteiger partial charge on any atom is 0.295 e. The van der Waals surface area contributed by atoms with Crippen molar-refractivity contribution in [3.05, 3.63) is 71.0 Å². The maximum absolute atomic E-state index is 13.5. The van der Waals surface area contributed by atoms with Crippen LogP contribution in [0.2, 0.25) is 0 Å². The molecule has 0 spiro atoms. The van der Waals surface area contributed by atoms with Gasteiger partial charge in [0.25, 0.3) is 5.91 Å². The van der Waals surface area contributed by atoms with Gasteiger partial charge in [0.15, 0.2) is 0 Å². The number of amides is 1. The van der Waals surface area contributed by atoms with Gasteiger partial charge in [0.1, 0.15) is 11.6 Å². The van der Waals surface area contributed by atoms with Crippen LogP contribution in [0.3, 0.4) is 0 Å². The summed E-state index contributed by atoms with van der Waals surface area (Å²) in [5.41, 5.74) is 0.719. The first-order chi connectivity index (χ1) is 15.2. The highest BCUT2D eigenvalue weighted by Crippen LogP contribution is 2.38. The molecule has 0 aromatic heterocycles. The fraction of sp³-hybridized carbons (Fsp3) is 0.360. The van der Waals surface area contributed by atoms with E-state index < -0.39 is 29.3 Å². The van der Waals surface area contributed by atoms with Crippen LogP contribution in [0.5, 0.6) is 5.75 Å². The van der Waals surface area contributed by atoms with E-state index in [1.165, 1.54) is 29.2 Å². The summed E-state index contributed by atoms with van der Waals surface area (Å²) in [7, 11) is 3.88. The Kier molecular flexibility index (Phi) is 7.30. The number of ketones is 1. The predicted octanol–water partition coefficient (Wildman–Crippen LogP) is 1.23. The number of quaternary nitrogens is 1. The van der Waals surface area contributed by atoms with E-state index >= 15 is 0 Å². The van der Waals surface area contributed by atoms with Gasteiger partial charge in [-0.05, 0) is 41.3 Å². The first kappa shape index (κ1) is 23.5. The summed E-state index contributed by atoms with van der Waals surface area (Å²) in [4.78, 5) is 28.2. The predicted molar refractivity (Wildman–Crippen MR) is 117 cm³/mol. The summed E-state index contributed by atoms with van der Waals surface area (Å²) >= 11 is 0. The second-order valence-electron chi connectivity index (χ2n) is 8.71. The molecule has 1 unspecified atom stereocenters. The average molecular weight is 441 g/mol. The molecule has 1 aliphatic heterocycles. The van der Waals surface area contributed by atoms with Gasteiger partial charge < -0.3 is 19.6 Å². The first-order valence-electron chi connectivity index (χ1n) is 10.7. The monoisotopic (exact) mass is 440 g/mol. The molecule has 0 bridgehead atoms. The molecule has 0 aliphatic carbocycles. The topological polar surface area (TPSA) is 74.1 Å².